The Morgan fingerprint density at radius 3 is 2.48 bits per heavy atom. The number of benzene rings is 1. The zero-order chi connectivity index (χ0) is 16.6. The van der Waals surface area contributed by atoms with E-state index in [1.165, 1.54) is 0 Å². The number of halogens is 2. The largest absolute Gasteiger partial charge is 0.335 e. The highest BCUT2D eigenvalue weighted by molar-refractivity contribution is 7.91. The predicted molar refractivity (Wildman–Crippen MR) is 91.4 cm³/mol. The number of hydrogen-bond donors (Lipinski definition) is 0. The van der Waals surface area contributed by atoms with E-state index in [1.807, 2.05) is 11.0 Å². The van der Waals surface area contributed by atoms with Crippen molar-refractivity contribution in [3.05, 3.63) is 33.8 Å². The van der Waals surface area contributed by atoms with Gasteiger partial charge in [0.1, 0.15) is 0 Å². The molecular formula is C16H19Cl2NO3S. The van der Waals surface area contributed by atoms with Gasteiger partial charge in [0, 0.05) is 19.0 Å². The predicted octanol–water partition coefficient (Wildman–Crippen LogP) is 3.31. The van der Waals surface area contributed by atoms with Gasteiger partial charge < -0.3 is 4.90 Å². The van der Waals surface area contributed by atoms with Crippen molar-refractivity contribution in [2.75, 3.05) is 11.5 Å². The molecule has 23 heavy (non-hydrogen) atoms. The first-order chi connectivity index (χ1) is 10.8. The summed E-state index contributed by atoms with van der Waals surface area (Å²) in [6, 6.07) is 5.66. The maximum Gasteiger partial charge on any atom is 0.223 e. The van der Waals surface area contributed by atoms with Crippen LogP contribution in [0.3, 0.4) is 0 Å². The van der Waals surface area contributed by atoms with Crippen LogP contribution in [-0.2, 0) is 21.2 Å². The quantitative estimate of drug-likeness (QED) is 0.792. The number of sulfone groups is 1. The molecule has 3 rings (SSSR count). The maximum absolute atomic E-state index is 12.6. The first kappa shape index (κ1) is 17.1. The van der Waals surface area contributed by atoms with Crippen LogP contribution in [0.2, 0.25) is 10.0 Å². The van der Waals surface area contributed by atoms with Crippen LogP contribution < -0.4 is 0 Å². The van der Waals surface area contributed by atoms with Gasteiger partial charge in [-0.25, -0.2) is 8.42 Å². The molecule has 7 heteroatoms. The lowest BCUT2D eigenvalue weighted by molar-refractivity contribution is -0.133. The summed E-state index contributed by atoms with van der Waals surface area (Å²) in [5.41, 5.74) is 0.943. The van der Waals surface area contributed by atoms with E-state index in [0.29, 0.717) is 29.4 Å². The molecule has 4 nitrogen and oxygen atoms in total. The smallest absolute Gasteiger partial charge is 0.223 e. The summed E-state index contributed by atoms with van der Waals surface area (Å²) in [6.07, 6.45) is 2.93. The molecule has 1 aromatic rings. The molecule has 1 aliphatic heterocycles. The third kappa shape index (κ3) is 4.40. The Morgan fingerprint density at radius 1 is 1.17 bits per heavy atom. The molecule has 1 heterocycles. The standard InChI is InChI=1S/C16H19Cl2NO3S/c17-14-4-1-11(7-15(14)18)9-19(13-2-3-13)16(20)8-12-5-6-23(21,22)10-12/h1,4,7,12-13H,2-3,5-6,8-10H2/t12-/m1/s1. The number of hydrogen-bond acceptors (Lipinski definition) is 3. The molecule has 2 aliphatic rings. The van der Waals surface area contributed by atoms with Crippen LogP contribution in [0, 0.1) is 5.92 Å². The van der Waals surface area contributed by atoms with Gasteiger partial charge in [0.05, 0.1) is 21.6 Å². The number of carbonyl (C=O) groups excluding carboxylic acids is 1. The fourth-order valence-electron chi connectivity index (χ4n) is 3.04. The van der Waals surface area contributed by atoms with E-state index in [2.05, 4.69) is 0 Å². The Morgan fingerprint density at radius 2 is 1.91 bits per heavy atom. The van der Waals surface area contributed by atoms with Gasteiger partial charge in [0.25, 0.3) is 0 Å². The van der Waals surface area contributed by atoms with Crippen LogP contribution in [-0.4, -0.2) is 36.8 Å². The van der Waals surface area contributed by atoms with E-state index >= 15 is 0 Å². The second-order valence-electron chi connectivity index (χ2n) is 6.47. The molecule has 0 aromatic heterocycles. The van der Waals surface area contributed by atoms with Crippen molar-refractivity contribution in [3.63, 3.8) is 0 Å². The average Bonchev–Trinajstić information content (AvgIpc) is 3.25. The molecular weight excluding hydrogens is 357 g/mol. The lowest BCUT2D eigenvalue weighted by Crippen LogP contribution is -2.34. The van der Waals surface area contributed by atoms with Gasteiger partial charge in [0.15, 0.2) is 9.84 Å². The monoisotopic (exact) mass is 375 g/mol. The van der Waals surface area contributed by atoms with E-state index in [9.17, 15) is 13.2 Å². The van der Waals surface area contributed by atoms with Gasteiger partial charge in [-0.1, -0.05) is 29.3 Å². The fraction of sp³-hybridized carbons (Fsp3) is 0.562. The molecule has 0 unspecified atom stereocenters. The minimum atomic E-state index is -2.94. The van der Waals surface area contributed by atoms with Crippen molar-refractivity contribution in [1.29, 1.82) is 0 Å². The van der Waals surface area contributed by atoms with E-state index in [-0.39, 0.29) is 29.4 Å². The van der Waals surface area contributed by atoms with E-state index in [0.717, 1.165) is 18.4 Å². The van der Waals surface area contributed by atoms with Gasteiger partial charge in [-0.3, -0.25) is 4.79 Å². The molecule has 1 saturated carbocycles. The minimum Gasteiger partial charge on any atom is -0.335 e. The Labute approximate surface area is 146 Å². The summed E-state index contributed by atoms with van der Waals surface area (Å²) in [6.45, 7) is 0.500. The maximum atomic E-state index is 12.6. The van der Waals surface area contributed by atoms with Crippen molar-refractivity contribution in [2.45, 2.75) is 38.3 Å². The lowest BCUT2D eigenvalue weighted by Gasteiger charge is -2.24. The molecule has 0 bridgehead atoms. The fourth-order valence-corrected chi connectivity index (χ4v) is 5.22. The van der Waals surface area contributed by atoms with Crippen LogP contribution in [0.25, 0.3) is 0 Å². The summed E-state index contributed by atoms with van der Waals surface area (Å²) >= 11 is 12.0. The van der Waals surface area contributed by atoms with Crippen LogP contribution in [0.1, 0.15) is 31.2 Å². The SMILES string of the molecule is O=C(C[C@H]1CCS(=O)(=O)C1)N(Cc1ccc(Cl)c(Cl)c1)C1CC1. The molecule has 0 N–H and O–H groups in total. The molecule has 1 aromatic carbocycles. The highest BCUT2D eigenvalue weighted by Gasteiger charge is 2.36. The highest BCUT2D eigenvalue weighted by Crippen LogP contribution is 2.32. The lowest BCUT2D eigenvalue weighted by atomic mass is 10.0. The van der Waals surface area contributed by atoms with Crippen LogP contribution in [0.15, 0.2) is 18.2 Å². The second kappa shape index (κ2) is 6.61. The third-order valence-corrected chi connectivity index (χ3v) is 7.01. The van der Waals surface area contributed by atoms with E-state index in [1.54, 1.807) is 12.1 Å². The average molecular weight is 376 g/mol. The summed E-state index contributed by atoms with van der Waals surface area (Å²) in [5.74, 6) is 0.355. The first-order valence-electron chi connectivity index (χ1n) is 7.78. The van der Waals surface area contributed by atoms with Crippen molar-refractivity contribution in [1.82, 2.24) is 4.90 Å². The zero-order valence-electron chi connectivity index (χ0n) is 12.7. The first-order valence-corrected chi connectivity index (χ1v) is 10.4. The molecule has 1 atom stereocenters. The van der Waals surface area contributed by atoms with Gasteiger partial charge in [0.2, 0.25) is 5.91 Å². The minimum absolute atomic E-state index is 0.0393. The highest BCUT2D eigenvalue weighted by atomic mass is 35.5. The van der Waals surface area contributed by atoms with Crippen molar-refractivity contribution >= 4 is 38.9 Å². The van der Waals surface area contributed by atoms with Gasteiger partial charge >= 0.3 is 0 Å². The molecule has 1 saturated heterocycles. The Hall–Kier alpha value is -0.780. The van der Waals surface area contributed by atoms with Crippen molar-refractivity contribution in [3.8, 4) is 0 Å². The van der Waals surface area contributed by atoms with Gasteiger partial charge in [-0.05, 0) is 42.9 Å². The summed E-state index contributed by atoms with van der Waals surface area (Å²) in [7, 11) is -2.94. The van der Waals surface area contributed by atoms with Gasteiger partial charge in [-0.15, -0.1) is 0 Å². The molecule has 0 spiro atoms. The molecule has 2 fully saturated rings. The second-order valence-corrected chi connectivity index (χ2v) is 9.52. The van der Waals surface area contributed by atoms with Crippen LogP contribution in [0.5, 0.6) is 0 Å². The molecule has 0 radical (unpaired) electrons. The summed E-state index contributed by atoms with van der Waals surface area (Å²) in [4.78, 5) is 14.5. The molecule has 1 aliphatic carbocycles. The summed E-state index contributed by atoms with van der Waals surface area (Å²) in [5, 5.41) is 0.977. The number of rotatable bonds is 5. The molecule has 1 amide bonds. The Bertz CT molecular complexity index is 716. The molecule has 126 valence electrons. The van der Waals surface area contributed by atoms with Crippen molar-refractivity contribution in [2.24, 2.45) is 5.92 Å². The topological polar surface area (TPSA) is 54.5 Å². The van der Waals surface area contributed by atoms with Crippen molar-refractivity contribution < 1.29 is 13.2 Å². The third-order valence-electron chi connectivity index (χ3n) is 4.43. The number of amides is 1. The van der Waals surface area contributed by atoms with Crippen LogP contribution in [0.4, 0.5) is 0 Å². The Kier molecular flexibility index (Phi) is 4.90. The van der Waals surface area contributed by atoms with E-state index < -0.39 is 9.84 Å². The van der Waals surface area contributed by atoms with Crippen LogP contribution >= 0.6 is 23.2 Å². The summed E-state index contributed by atoms with van der Waals surface area (Å²) < 4.78 is 23.1. The number of nitrogens with zero attached hydrogens (tertiary/aromatic N) is 1. The number of carbonyl (C=O) groups is 1. The Balaban J connectivity index is 1.66. The van der Waals surface area contributed by atoms with Gasteiger partial charge in [-0.2, -0.15) is 0 Å². The van der Waals surface area contributed by atoms with E-state index in [4.69, 9.17) is 23.2 Å². The normalized spacial score (nSPS) is 23.0. The zero-order valence-corrected chi connectivity index (χ0v) is 15.0.